The number of rotatable bonds is 3. The van der Waals surface area contributed by atoms with Crippen LogP contribution in [0, 0.1) is 17.8 Å². The lowest BCUT2D eigenvalue weighted by Gasteiger charge is -2.19. The third-order valence-electron chi connectivity index (χ3n) is 3.48. The number of aliphatic hydroxyl groups excluding tert-OH is 1. The van der Waals surface area contributed by atoms with Crippen LogP contribution in [0.4, 0.5) is 0 Å². The van der Waals surface area contributed by atoms with Gasteiger partial charge in [0, 0.05) is 12.5 Å². The smallest absolute Gasteiger partial charge is 0.293 e. The minimum atomic E-state index is 0.0957. The number of carbonyl (C=O) groups excluding carboxylic acids is 1. The van der Waals surface area contributed by atoms with Crippen LogP contribution in [0.3, 0.4) is 0 Å². The monoisotopic (exact) mass is 170 g/mol. The summed E-state index contributed by atoms with van der Waals surface area (Å²) in [7, 11) is 0. The molecule has 0 aromatic heterocycles. The molecule has 0 saturated heterocycles. The highest BCUT2D eigenvalue weighted by Crippen LogP contribution is 2.50. The first kappa shape index (κ1) is 8.05. The number of aliphatic hydroxyl groups is 1. The van der Waals surface area contributed by atoms with Crippen LogP contribution in [-0.4, -0.2) is 24.3 Å². The SMILES string of the molecule is O=COC1CC2CCC1C2CO. The van der Waals surface area contributed by atoms with Gasteiger partial charge in [0.1, 0.15) is 6.10 Å². The Morgan fingerprint density at radius 3 is 2.92 bits per heavy atom. The first-order valence-corrected chi connectivity index (χ1v) is 4.56. The molecule has 2 rings (SSSR count). The molecule has 0 spiro atoms. The number of ether oxygens (including phenoxy) is 1. The molecule has 4 atom stereocenters. The van der Waals surface area contributed by atoms with Crippen molar-refractivity contribution in [3.63, 3.8) is 0 Å². The number of carbonyl (C=O) groups is 1. The lowest BCUT2D eigenvalue weighted by Crippen LogP contribution is -2.22. The van der Waals surface area contributed by atoms with Crippen molar-refractivity contribution in [3.05, 3.63) is 0 Å². The van der Waals surface area contributed by atoms with Crippen LogP contribution in [0.25, 0.3) is 0 Å². The molecule has 2 aliphatic carbocycles. The van der Waals surface area contributed by atoms with Gasteiger partial charge in [0.25, 0.3) is 6.47 Å². The fourth-order valence-corrected chi connectivity index (χ4v) is 2.92. The van der Waals surface area contributed by atoms with Crippen molar-refractivity contribution >= 4 is 6.47 Å². The van der Waals surface area contributed by atoms with Gasteiger partial charge in [-0.25, -0.2) is 0 Å². The third kappa shape index (κ3) is 1.04. The van der Waals surface area contributed by atoms with Crippen molar-refractivity contribution in [2.45, 2.75) is 25.4 Å². The highest BCUT2D eigenvalue weighted by Gasteiger charge is 2.48. The summed E-state index contributed by atoms with van der Waals surface area (Å²) >= 11 is 0. The summed E-state index contributed by atoms with van der Waals surface area (Å²) < 4.78 is 4.98. The summed E-state index contributed by atoms with van der Waals surface area (Å²) in [5.41, 5.74) is 0. The van der Waals surface area contributed by atoms with Crippen LogP contribution in [0.15, 0.2) is 0 Å². The highest BCUT2D eigenvalue weighted by molar-refractivity contribution is 5.37. The molecule has 0 heterocycles. The van der Waals surface area contributed by atoms with Crippen molar-refractivity contribution in [2.75, 3.05) is 6.61 Å². The molecule has 2 fully saturated rings. The van der Waals surface area contributed by atoms with Gasteiger partial charge in [0.2, 0.25) is 0 Å². The number of hydrogen-bond donors (Lipinski definition) is 1. The fourth-order valence-electron chi connectivity index (χ4n) is 2.92. The second-order valence-electron chi connectivity index (χ2n) is 3.85. The Hall–Kier alpha value is -0.570. The van der Waals surface area contributed by atoms with Crippen molar-refractivity contribution in [1.29, 1.82) is 0 Å². The molecule has 0 aromatic rings. The fraction of sp³-hybridized carbons (Fsp3) is 0.889. The molecule has 0 aliphatic heterocycles. The van der Waals surface area contributed by atoms with Crippen molar-refractivity contribution in [2.24, 2.45) is 17.8 Å². The number of fused-ring (bicyclic) bond motifs is 2. The van der Waals surface area contributed by atoms with Crippen LogP contribution in [-0.2, 0) is 9.53 Å². The van der Waals surface area contributed by atoms with Crippen LogP contribution < -0.4 is 0 Å². The molecular formula is C9H14O3. The predicted octanol–water partition coefficient (Wildman–Crippen LogP) is 0.566. The molecule has 3 heteroatoms. The van der Waals surface area contributed by atoms with Gasteiger partial charge in [-0.3, -0.25) is 4.79 Å². The molecule has 0 radical (unpaired) electrons. The summed E-state index contributed by atoms with van der Waals surface area (Å²) in [6.07, 6.45) is 3.39. The Labute approximate surface area is 71.7 Å². The Bertz CT molecular complexity index is 181. The second kappa shape index (κ2) is 3.05. The van der Waals surface area contributed by atoms with Crippen LogP contribution in [0.2, 0.25) is 0 Å². The van der Waals surface area contributed by atoms with Gasteiger partial charge in [-0.2, -0.15) is 0 Å². The standard InChI is InChI=1S/C9H14O3/c10-4-8-6-1-2-7(8)9(3-6)12-5-11/h5-10H,1-4H2. The summed E-state index contributed by atoms with van der Waals surface area (Å²) in [4.78, 5) is 10.1. The minimum Gasteiger partial charge on any atom is -0.464 e. The quantitative estimate of drug-likeness (QED) is 0.630. The van der Waals surface area contributed by atoms with E-state index in [1.807, 2.05) is 0 Å². The van der Waals surface area contributed by atoms with Crippen LogP contribution in [0.1, 0.15) is 19.3 Å². The van der Waals surface area contributed by atoms with E-state index in [1.54, 1.807) is 0 Å². The summed E-state index contributed by atoms with van der Waals surface area (Å²) in [5.74, 6) is 1.44. The zero-order valence-electron chi connectivity index (χ0n) is 6.98. The lowest BCUT2D eigenvalue weighted by molar-refractivity contribution is -0.136. The minimum absolute atomic E-state index is 0.0957. The molecule has 0 amide bonds. The van der Waals surface area contributed by atoms with Crippen molar-refractivity contribution in [1.82, 2.24) is 0 Å². The molecule has 3 nitrogen and oxygen atoms in total. The summed E-state index contributed by atoms with van der Waals surface area (Å²) in [5, 5.41) is 9.09. The Balaban J connectivity index is 2.02. The molecular weight excluding hydrogens is 156 g/mol. The van der Waals surface area contributed by atoms with Crippen molar-refractivity contribution in [3.8, 4) is 0 Å². The van der Waals surface area contributed by atoms with Gasteiger partial charge >= 0.3 is 0 Å². The van der Waals surface area contributed by atoms with Gasteiger partial charge in [0.05, 0.1) is 0 Å². The topological polar surface area (TPSA) is 46.5 Å². The van der Waals surface area contributed by atoms with E-state index in [0.29, 0.717) is 24.2 Å². The number of hydrogen-bond acceptors (Lipinski definition) is 3. The molecule has 12 heavy (non-hydrogen) atoms. The summed E-state index contributed by atoms with van der Waals surface area (Å²) in [6, 6.07) is 0. The summed E-state index contributed by atoms with van der Waals surface area (Å²) in [6.45, 7) is 0.799. The van der Waals surface area contributed by atoms with E-state index in [0.717, 1.165) is 12.8 Å². The van der Waals surface area contributed by atoms with E-state index in [2.05, 4.69) is 0 Å². The zero-order chi connectivity index (χ0) is 8.55. The Morgan fingerprint density at radius 2 is 2.33 bits per heavy atom. The lowest BCUT2D eigenvalue weighted by atomic mass is 9.97. The molecule has 4 unspecified atom stereocenters. The Morgan fingerprint density at radius 1 is 1.50 bits per heavy atom. The van der Waals surface area contributed by atoms with Gasteiger partial charge in [-0.1, -0.05) is 0 Å². The second-order valence-corrected chi connectivity index (χ2v) is 3.85. The largest absolute Gasteiger partial charge is 0.464 e. The molecule has 1 N–H and O–H groups in total. The Kier molecular flexibility index (Phi) is 2.05. The van der Waals surface area contributed by atoms with E-state index in [4.69, 9.17) is 9.84 Å². The van der Waals surface area contributed by atoms with Crippen LogP contribution >= 0.6 is 0 Å². The van der Waals surface area contributed by atoms with E-state index >= 15 is 0 Å². The average molecular weight is 170 g/mol. The zero-order valence-corrected chi connectivity index (χ0v) is 6.98. The highest BCUT2D eigenvalue weighted by atomic mass is 16.5. The normalized spacial score (nSPS) is 44.8. The van der Waals surface area contributed by atoms with E-state index < -0.39 is 0 Å². The van der Waals surface area contributed by atoms with Gasteiger partial charge in [-0.05, 0) is 31.1 Å². The molecule has 2 saturated carbocycles. The van der Waals surface area contributed by atoms with E-state index in [-0.39, 0.29) is 12.7 Å². The van der Waals surface area contributed by atoms with Crippen molar-refractivity contribution < 1.29 is 14.6 Å². The predicted molar refractivity (Wildman–Crippen MR) is 42.3 cm³/mol. The van der Waals surface area contributed by atoms with Gasteiger partial charge in [0.15, 0.2) is 0 Å². The van der Waals surface area contributed by atoms with Crippen LogP contribution in [0.5, 0.6) is 0 Å². The maximum absolute atomic E-state index is 10.1. The van der Waals surface area contributed by atoms with Gasteiger partial charge in [-0.15, -0.1) is 0 Å². The van der Waals surface area contributed by atoms with E-state index in [9.17, 15) is 4.79 Å². The average Bonchev–Trinajstić information content (AvgIpc) is 2.60. The van der Waals surface area contributed by atoms with E-state index in [1.165, 1.54) is 6.42 Å². The third-order valence-corrected chi connectivity index (χ3v) is 3.48. The molecule has 2 bridgehead atoms. The first-order valence-electron chi connectivity index (χ1n) is 4.56. The van der Waals surface area contributed by atoms with Gasteiger partial charge < -0.3 is 9.84 Å². The molecule has 0 aromatic carbocycles. The molecule has 2 aliphatic rings. The first-order chi connectivity index (χ1) is 5.86. The maximum atomic E-state index is 10.1. The maximum Gasteiger partial charge on any atom is 0.293 e. The molecule has 68 valence electrons.